The van der Waals surface area contributed by atoms with Crippen LogP contribution in [-0.2, 0) is 13.0 Å². The van der Waals surface area contributed by atoms with Crippen LogP contribution >= 0.6 is 45.3 Å². The van der Waals surface area contributed by atoms with Crippen LogP contribution in [0.5, 0.6) is 0 Å². The second kappa shape index (κ2) is 4.70. The number of nitrogens with zero attached hydrogens (tertiary/aromatic N) is 1. The highest BCUT2D eigenvalue weighted by Gasteiger charge is 2.22. The van der Waals surface area contributed by atoms with E-state index in [-0.39, 0.29) is 5.91 Å². The van der Waals surface area contributed by atoms with Crippen molar-refractivity contribution in [1.82, 2.24) is 4.90 Å². The van der Waals surface area contributed by atoms with Crippen molar-refractivity contribution in [2.75, 3.05) is 6.54 Å². The van der Waals surface area contributed by atoms with Gasteiger partial charge in [0.25, 0.3) is 5.91 Å². The highest BCUT2D eigenvalue weighted by Crippen LogP contribution is 2.26. The number of thiophene rings is 2. The summed E-state index contributed by atoms with van der Waals surface area (Å²) in [5.41, 5.74) is 2.15. The van der Waals surface area contributed by atoms with Crippen LogP contribution in [0.2, 0.25) is 0 Å². The lowest BCUT2D eigenvalue weighted by Gasteiger charge is -2.26. The van der Waals surface area contributed by atoms with Crippen molar-refractivity contribution in [2.45, 2.75) is 13.0 Å². The van der Waals surface area contributed by atoms with E-state index in [1.54, 1.807) is 22.7 Å². The summed E-state index contributed by atoms with van der Waals surface area (Å²) in [6.45, 7) is 1.61. The third-order valence-corrected chi connectivity index (χ3v) is 5.72. The molecule has 0 atom stereocenters. The Morgan fingerprint density at radius 3 is 3.06 bits per heavy atom. The molecular weight excluding hydrogens is 365 g/mol. The van der Waals surface area contributed by atoms with Gasteiger partial charge in [0.1, 0.15) is 0 Å². The van der Waals surface area contributed by atoms with Crippen LogP contribution in [0.4, 0.5) is 0 Å². The van der Waals surface area contributed by atoms with Gasteiger partial charge in [-0.15, -0.1) is 22.7 Å². The number of fused-ring (bicyclic) bond motifs is 1. The maximum absolute atomic E-state index is 12.3. The Kier molecular flexibility index (Phi) is 3.23. The van der Waals surface area contributed by atoms with Crippen LogP contribution in [0.3, 0.4) is 0 Å². The van der Waals surface area contributed by atoms with Gasteiger partial charge in [0.2, 0.25) is 0 Å². The fourth-order valence-corrected chi connectivity index (χ4v) is 4.24. The molecule has 0 aromatic carbocycles. The van der Waals surface area contributed by atoms with E-state index in [4.69, 9.17) is 0 Å². The molecular formula is C12H10INOS2. The molecule has 0 N–H and O–H groups in total. The minimum Gasteiger partial charge on any atom is -0.334 e. The van der Waals surface area contributed by atoms with E-state index in [1.807, 2.05) is 16.3 Å². The van der Waals surface area contributed by atoms with Gasteiger partial charge >= 0.3 is 0 Å². The van der Waals surface area contributed by atoms with E-state index in [9.17, 15) is 4.79 Å². The average Bonchev–Trinajstić information content (AvgIpc) is 2.95. The van der Waals surface area contributed by atoms with Crippen molar-refractivity contribution in [3.8, 4) is 0 Å². The molecule has 2 aromatic rings. The summed E-state index contributed by atoms with van der Waals surface area (Å²) in [6, 6.07) is 4.10. The van der Waals surface area contributed by atoms with Gasteiger partial charge in [-0.3, -0.25) is 4.79 Å². The molecule has 2 nitrogen and oxygen atoms in total. The van der Waals surface area contributed by atoms with Crippen LogP contribution in [0.15, 0.2) is 22.9 Å². The van der Waals surface area contributed by atoms with Crippen LogP contribution in [-0.4, -0.2) is 17.4 Å². The Bertz CT molecular complexity index is 560. The maximum Gasteiger partial charge on any atom is 0.255 e. The van der Waals surface area contributed by atoms with Crippen molar-refractivity contribution < 1.29 is 4.79 Å². The first-order valence-corrected chi connectivity index (χ1v) is 8.16. The summed E-state index contributed by atoms with van der Waals surface area (Å²) in [6.07, 6.45) is 1.000. The first-order chi connectivity index (χ1) is 8.24. The van der Waals surface area contributed by atoms with E-state index in [2.05, 4.69) is 34.0 Å². The zero-order valence-corrected chi connectivity index (χ0v) is 12.8. The first kappa shape index (κ1) is 11.7. The Morgan fingerprint density at radius 2 is 2.29 bits per heavy atom. The SMILES string of the molecule is O=C(c1csc(I)c1)N1CCc2sccc2C1. The molecule has 3 rings (SSSR count). The quantitative estimate of drug-likeness (QED) is 0.698. The molecule has 0 radical (unpaired) electrons. The second-order valence-electron chi connectivity index (χ2n) is 3.99. The molecule has 17 heavy (non-hydrogen) atoms. The minimum atomic E-state index is 0.168. The molecule has 1 amide bonds. The van der Waals surface area contributed by atoms with Gasteiger partial charge in [0.05, 0.1) is 8.45 Å². The Morgan fingerprint density at radius 1 is 1.41 bits per heavy atom. The zero-order chi connectivity index (χ0) is 11.8. The third kappa shape index (κ3) is 2.28. The van der Waals surface area contributed by atoms with Crippen LogP contribution in [0.25, 0.3) is 0 Å². The molecule has 0 aliphatic carbocycles. The number of halogens is 1. The van der Waals surface area contributed by atoms with Gasteiger partial charge in [0, 0.05) is 23.3 Å². The Hall–Kier alpha value is -0.400. The highest BCUT2D eigenvalue weighted by molar-refractivity contribution is 14.1. The summed E-state index contributed by atoms with van der Waals surface area (Å²) in [5.74, 6) is 0.168. The maximum atomic E-state index is 12.3. The van der Waals surface area contributed by atoms with Crippen LogP contribution in [0.1, 0.15) is 20.8 Å². The minimum absolute atomic E-state index is 0.168. The largest absolute Gasteiger partial charge is 0.334 e. The van der Waals surface area contributed by atoms with E-state index in [0.29, 0.717) is 0 Å². The molecule has 3 heterocycles. The standard InChI is InChI=1S/C12H10INOS2/c13-11-5-9(7-17-11)12(15)14-3-1-10-8(6-14)2-4-16-10/h2,4-5,7H,1,3,6H2. The molecule has 0 spiro atoms. The lowest BCUT2D eigenvalue weighted by atomic mass is 10.1. The van der Waals surface area contributed by atoms with Crippen molar-refractivity contribution in [2.24, 2.45) is 0 Å². The molecule has 0 saturated heterocycles. The predicted molar refractivity (Wildman–Crippen MR) is 79.8 cm³/mol. The summed E-state index contributed by atoms with van der Waals surface area (Å²) >= 11 is 5.68. The average molecular weight is 375 g/mol. The lowest BCUT2D eigenvalue weighted by molar-refractivity contribution is 0.0736. The second-order valence-corrected chi connectivity index (χ2v) is 7.79. The monoisotopic (exact) mass is 375 g/mol. The van der Waals surface area contributed by atoms with Crippen molar-refractivity contribution in [3.63, 3.8) is 0 Å². The van der Waals surface area contributed by atoms with Crippen LogP contribution < -0.4 is 0 Å². The summed E-state index contributed by atoms with van der Waals surface area (Å²) in [4.78, 5) is 15.7. The lowest BCUT2D eigenvalue weighted by Crippen LogP contribution is -2.35. The molecule has 0 fully saturated rings. The fraction of sp³-hybridized carbons (Fsp3) is 0.250. The van der Waals surface area contributed by atoms with Gasteiger partial charge in [-0.05, 0) is 52.1 Å². The van der Waals surface area contributed by atoms with Gasteiger partial charge in [0.15, 0.2) is 0 Å². The molecule has 1 aliphatic heterocycles. The molecule has 0 saturated carbocycles. The number of amides is 1. The van der Waals surface area contributed by atoms with Crippen molar-refractivity contribution in [1.29, 1.82) is 0 Å². The van der Waals surface area contributed by atoms with Crippen LogP contribution in [0, 0.1) is 2.88 Å². The number of carbonyl (C=O) groups excluding carboxylic acids is 1. The first-order valence-electron chi connectivity index (χ1n) is 5.32. The van der Waals surface area contributed by atoms with Gasteiger partial charge < -0.3 is 4.90 Å². The third-order valence-electron chi connectivity index (χ3n) is 2.91. The molecule has 0 bridgehead atoms. The molecule has 5 heteroatoms. The van der Waals surface area contributed by atoms with Gasteiger partial charge in [-0.25, -0.2) is 0 Å². The summed E-state index contributed by atoms with van der Waals surface area (Å²) < 4.78 is 1.17. The highest BCUT2D eigenvalue weighted by atomic mass is 127. The van der Waals surface area contributed by atoms with Gasteiger partial charge in [-0.1, -0.05) is 0 Å². The smallest absolute Gasteiger partial charge is 0.255 e. The van der Waals surface area contributed by atoms with Gasteiger partial charge in [-0.2, -0.15) is 0 Å². The van der Waals surface area contributed by atoms with E-state index >= 15 is 0 Å². The number of hydrogen-bond donors (Lipinski definition) is 0. The molecule has 1 aliphatic rings. The Labute approximate surface area is 121 Å². The van der Waals surface area contributed by atoms with E-state index in [0.717, 1.165) is 25.1 Å². The van der Waals surface area contributed by atoms with Crippen molar-refractivity contribution >= 4 is 51.2 Å². The fourth-order valence-electron chi connectivity index (χ4n) is 2.03. The normalized spacial score (nSPS) is 14.8. The topological polar surface area (TPSA) is 20.3 Å². The van der Waals surface area contributed by atoms with E-state index in [1.165, 1.54) is 13.3 Å². The summed E-state index contributed by atoms with van der Waals surface area (Å²) in [5, 5.41) is 4.07. The summed E-state index contributed by atoms with van der Waals surface area (Å²) in [7, 11) is 0. The van der Waals surface area contributed by atoms with E-state index < -0.39 is 0 Å². The number of carbonyl (C=O) groups is 1. The number of rotatable bonds is 1. The molecule has 0 unspecified atom stereocenters. The zero-order valence-electron chi connectivity index (χ0n) is 8.98. The Balaban J connectivity index is 1.81. The van der Waals surface area contributed by atoms with Crippen molar-refractivity contribution in [3.05, 3.63) is 41.8 Å². The number of hydrogen-bond acceptors (Lipinski definition) is 3. The predicted octanol–water partition coefficient (Wildman–Crippen LogP) is 3.61. The molecule has 2 aromatic heterocycles. The molecule has 88 valence electrons.